The maximum atomic E-state index is 11.7. The van der Waals surface area contributed by atoms with Crippen LogP contribution in [0.3, 0.4) is 0 Å². The van der Waals surface area contributed by atoms with Crippen LogP contribution in [0.2, 0.25) is 0 Å². The van der Waals surface area contributed by atoms with Gasteiger partial charge in [-0.25, -0.2) is 4.98 Å². The Morgan fingerprint density at radius 1 is 1.56 bits per heavy atom. The summed E-state index contributed by atoms with van der Waals surface area (Å²) < 4.78 is 5.44. The van der Waals surface area contributed by atoms with Crippen molar-refractivity contribution in [1.82, 2.24) is 9.88 Å². The van der Waals surface area contributed by atoms with Gasteiger partial charge in [-0.3, -0.25) is 14.9 Å². The lowest BCUT2D eigenvalue weighted by Crippen LogP contribution is -2.22. The average molecular weight is 251 g/mol. The lowest BCUT2D eigenvalue weighted by atomic mass is 10.3. The summed E-state index contributed by atoms with van der Waals surface area (Å²) >= 11 is 0. The molecule has 0 bridgehead atoms. The molecule has 0 N–H and O–H groups in total. The first-order chi connectivity index (χ1) is 8.49. The molecular weight excluding hydrogens is 238 g/mol. The van der Waals surface area contributed by atoms with E-state index in [-0.39, 0.29) is 29.1 Å². The molecular formula is C11H13N3O4. The van der Waals surface area contributed by atoms with Gasteiger partial charge in [0.2, 0.25) is 5.75 Å². The lowest BCUT2D eigenvalue weighted by Gasteiger charge is -2.11. The first-order valence-electron chi connectivity index (χ1n) is 5.52. The summed E-state index contributed by atoms with van der Waals surface area (Å²) in [4.78, 5) is 27.1. The summed E-state index contributed by atoms with van der Waals surface area (Å²) in [5, 5.41) is 10.8. The van der Waals surface area contributed by atoms with E-state index in [1.54, 1.807) is 14.1 Å². The molecule has 1 aliphatic rings. The molecule has 0 atom stereocenters. The van der Waals surface area contributed by atoms with E-state index in [1.807, 2.05) is 0 Å². The van der Waals surface area contributed by atoms with Crippen LogP contribution in [-0.2, 0) is 0 Å². The minimum atomic E-state index is -0.561. The fourth-order valence-electron chi connectivity index (χ4n) is 1.37. The molecule has 1 aromatic heterocycles. The summed E-state index contributed by atoms with van der Waals surface area (Å²) in [7, 11) is 3.18. The normalized spacial score (nSPS) is 14.1. The average Bonchev–Trinajstić information content (AvgIpc) is 3.11. The Balaban J connectivity index is 2.34. The van der Waals surface area contributed by atoms with Gasteiger partial charge in [-0.05, 0) is 12.8 Å². The van der Waals surface area contributed by atoms with Crippen molar-refractivity contribution in [2.75, 3.05) is 14.1 Å². The van der Waals surface area contributed by atoms with E-state index in [0.717, 1.165) is 19.0 Å². The quantitative estimate of drug-likeness (QED) is 0.593. The first-order valence-corrected chi connectivity index (χ1v) is 5.52. The van der Waals surface area contributed by atoms with Crippen molar-refractivity contribution in [3.05, 3.63) is 28.1 Å². The van der Waals surface area contributed by atoms with Gasteiger partial charge in [-0.15, -0.1) is 0 Å². The zero-order chi connectivity index (χ0) is 13.3. The largest absolute Gasteiger partial charge is 0.483 e. The molecule has 18 heavy (non-hydrogen) atoms. The number of amides is 1. The van der Waals surface area contributed by atoms with Crippen molar-refractivity contribution >= 4 is 11.6 Å². The van der Waals surface area contributed by atoms with Gasteiger partial charge < -0.3 is 9.64 Å². The van der Waals surface area contributed by atoms with Crippen LogP contribution in [0.25, 0.3) is 0 Å². The molecule has 2 rings (SSSR count). The molecule has 1 heterocycles. The molecule has 1 saturated carbocycles. The van der Waals surface area contributed by atoms with E-state index < -0.39 is 4.92 Å². The van der Waals surface area contributed by atoms with Gasteiger partial charge in [0, 0.05) is 20.2 Å². The number of nitrogens with zero attached hydrogens (tertiary/aromatic N) is 3. The highest BCUT2D eigenvalue weighted by atomic mass is 16.6. The van der Waals surface area contributed by atoms with E-state index in [9.17, 15) is 14.9 Å². The number of carbonyl (C=O) groups is 1. The van der Waals surface area contributed by atoms with Crippen LogP contribution in [-0.4, -0.2) is 40.9 Å². The second-order valence-electron chi connectivity index (χ2n) is 4.31. The molecule has 0 saturated heterocycles. The Bertz CT molecular complexity index is 497. The first kappa shape index (κ1) is 12.3. The molecule has 0 aromatic carbocycles. The van der Waals surface area contributed by atoms with E-state index >= 15 is 0 Å². The molecule has 1 aromatic rings. The van der Waals surface area contributed by atoms with Gasteiger partial charge in [0.05, 0.1) is 11.0 Å². The molecule has 1 amide bonds. The molecule has 7 heteroatoms. The Kier molecular flexibility index (Phi) is 3.14. The number of hydrogen-bond acceptors (Lipinski definition) is 5. The second-order valence-corrected chi connectivity index (χ2v) is 4.31. The third-order valence-electron chi connectivity index (χ3n) is 2.49. The molecule has 0 spiro atoms. The molecule has 1 fully saturated rings. The van der Waals surface area contributed by atoms with Crippen LogP contribution in [0.1, 0.15) is 23.3 Å². The third kappa shape index (κ3) is 2.55. The fraction of sp³-hybridized carbons (Fsp3) is 0.455. The van der Waals surface area contributed by atoms with E-state index in [4.69, 9.17) is 4.74 Å². The zero-order valence-corrected chi connectivity index (χ0v) is 10.1. The number of aromatic nitrogens is 1. The van der Waals surface area contributed by atoms with E-state index in [0.29, 0.717) is 0 Å². The predicted molar refractivity (Wildman–Crippen MR) is 62.6 cm³/mol. The summed E-state index contributed by atoms with van der Waals surface area (Å²) in [6, 6.07) is 1.33. The highest BCUT2D eigenvalue weighted by Gasteiger charge is 2.28. The topological polar surface area (TPSA) is 85.6 Å². The summed E-state index contributed by atoms with van der Waals surface area (Å²) in [6.45, 7) is 0. The highest BCUT2D eigenvalue weighted by Crippen LogP contribution is 2.33. The van der Waals surface area contributed by atoms with Crippen molar-refractivity contribution in [2.45, 2.75) is 18.9 Å². The van der Waals surface area contributed by atoms with Crippen molar-refractivity contribution < 1.29 is 14.5 Å². The molecule has 0 aliphatic heterocycles. The summed E-state index contributed by atoms with van der Waals surface area (Å²) in [5.41, 5.74) is -0.0709. The number of carbonyl (C=O) groups excluding carboxylic acids is 1. The zero-order valence-electron chi connectivity index (χ0n) is 10.1. The van der Waals surface area contributed by atoms with Crippen molar-refractivity contribution in [3.8, 4) is 5.75 Å². The highest BCUT2D eigenvalue weighted by molar-refractivity contribution is 5.92. The van der Waals surface area contributed by atoms with Crippen molar-refractivity contribution in [1.29, 1.82) is 0 Å². The van der Waals surface area contributed by atoms with Crippen LogP contribution in [0, 0.1) is 10.1 Å². The number of pyridine rings is 1. The SMILES string of the molecule is CN(C)C(=O)c1cc(OC2CC2)c([N+](=O)[O-])cn1. The van der Waals surface area contributed by atoms with Crippen LogP contribution in [0.5, 0.6) is 5.75 Å². The number of rotatable bonds is 4. The van der Waals surface area contributed by atoms with Crippen LogP contribution in [0.15, 0.2) is 12.3 Å². The third-order valence-corrected chi connectivity index (χ3v) is 2.49. The maximum absolute atomic E-state index is 11.7. The van der Waals surface area contributed by atoms with Gasteiger partial charge in [0.15, 0.2) is 0 Å². The van der Waals surface area contributed by atoms with E-state index in [1.165, 1.54) is 11.0 Å². The van der Waals surface area contributed by atoms with Gasteiger partial charge in [-0.2, -0.15) is 0 Å². The maximum Gasteiger partial charge on any atom is 0.329 e. The Labute approximate surface area is 104 Å². The van der Waals surface area contributed by atoms with Gasteiger partial charge in [-0.1, -0.05) is 0 Å². The smallest absolute Gasteiger partial charge is 0.329 e. The van der Waals surface area contributed by atoms with Gasteiger partial charge in [0.25, 0.3) is 5.91 Å². The van der Waals surface area contributed by atoms with E-state index in [2.05, 4.69) is 4.98 Å². The second kappa shape index (κ2) is 4.59. The molecule has 0 radical (unpaired) electrons. The number of ether oxygens (including phenoxy) is 1. The molecule has 0 unspecified atom stereocenters. The minimum Gasteiger partial charge on any atom is -0.483 e. The Morgan fingerprint density at radius 2 is 2.22 bits per heavy atom. The van der Waals surface area contributed by atoms with Gasteiger partial charge in [0.1, 0.15) is 11.9 Å². The summed E-state index contributed by atoms with van der Waals surface area (Å²) in [5.74, 6) is -0.201. The van der Waals surface area contributed by atoms with Crippen LogP contribution in [0.4, 0.5) is 5.69 Å². The Hall–Kier alpha value is -2.18. The standard InChI is InChI=1S/C11H13N3O4/c1-13(2)11(15)8-5-10(18-7-3-4-7)9(6-12-8)14(16)17/h5-7H,3-4H2,1-2H3. The summed E-state index contributed by atoms with van der Waals surface area (Å²) in [6.07, 6.45) is 2.86. The van der Waals surface area contributed by atoms with Crippen LogP contribution >= 0.6 is 0 Å². The minimum absolute atomic E-state index is 0.0217. The predicted octanol–water partition coefficient (Wildman–Crippen LogP) is 1.23. The van der Waals surface area contributed by atoms with Gasteiger partial charge >= 0.3 is 5.69 Å². The Morgan fingerprint density at radius 3 is 2.72 bits per heavy atom. The lowest BCUT2D eigenvalue weighted by molar-refractivity contribution is -0.386. The molecule has 96 valence electrons. The molecule has 7 nitrogen and oxygen atoms in total. The fourth-order valence-corrected chi connectivity index (χ4v) is 1.37. The van der Waals surface area contributed by atoms with Crippen molar-refractivity contribution in [3.63, 3.8) is 0 Å². The number of hydrogen-bond donors (Lipinski definition) is 0. The monoisotopic (exact) mass is 251 g/mol. The van der Waals surface area contributed by atoms with Crippen LogP contribution < -0.4 is 4.74 Å². The van der Waals surface area contributed by atoms with Crippen molar-refractivity contribution in [2.24, 2.45) is 0 Å². The molecule has 1 aliphatic carbocycles. The number of nitro groups is 1.